The normalized spacial score (nSPS) is 19.9. The van der Waals surface area contributed by atoms with Crippen LogP contribution < -0.4 is 0 Å². The second-order valence-corrected chi connectivity index (χ2v) is 9.22. The first-order valence-electron chi connectivity index (χ1n) is 9.56. The summed E-state index contributed by atoms with van der Waals surface area (Å²) in [5, 5.41) is 16.0. The minimum Gasteiger partial charge on any atom is -0.456 e. The fourth-order valence-corrected chi connectivity index (χ4v) is 3.87. The van der Waals surface area contributed by atoms with Gasteiger partial charge in [0.05, 0.1) is 5.56 Å². The lowest BCUT2D eigenvalue weighted by Gasteiger charge is -2.29. The first-order chi connectivity index (χ1) is 15.2. The number of esters is 1. The molecule has 0 saturated heterocycles. The van der Waals surface area contributed by atoms with E-state index in [1.165, 1.54) is 24.3 Å². The quantitative estimate of drug-likeness (QED) is 0.304. The number of halogens is 5. The summed E-state index contributed by atoms with van der Waals surface area (Å²) in [6.45, 7) is 6.72. The van der Waals surface area contributed by atoms with Crippen molar-refractivity contribution >= 4 is 40.6 Å². The van der Waals surface area contributed by atoms with E-state index >= 15 is 0 Å². The van der Waals surface area contributed by atoms with E-state index in [9.17, 15) is 23.2 Å². The van der Waals surface area contributed by atoms with Crippen LogP contribution in [0.5, 0.6) is 0 Å². The van der Waals surface area contributed by atoms with Crippen molar-refractivity contribution in [3.63, 3.8) is 0 Å². The molecule has 1 aliphatic heterocycles. The van der Waals surface area contributed by atoms with Gasteiger partial charge in [-0.2, -0.15) is 13.2 Å². The van der Waals surface area contributed by atoms with E-state index < -0.39 is 34.6 Å². The average Bonchev–Trinajstić information content (AvgIpc) is 3.06. The third kappa shape index (κ3) is 4.65. The van der Waals surface area contributed by atoms with Crippen molar-refractivity contribution in [1.29, 1.82) is 0 Å². The lowest BCUT2D eigenvalue weighted by atomic mass is 9.84. The Bertz CT molecular complexity index is 1150. The molecule has 0 amide bonds. The fraction of sp³-hybridized carbons (Fsp3) is 0.318. The molecule has 3 rings (SSSR count). The number of carbonyl (C=O) groups is 1. The molecule has 0 radical (unpaired) electrons. The molecule has 1 heterocycles. The number of nitrogens with zero attached hydrogens (tertiary/aromatic N) is 2. The summed E-state index contributed by atoms with van der Waals surface area (Å²) < 4.78 is 48.4. The minimum absolute atomic E-state index is 0.0759. The highest BCUT2D eigenvalue weighted by Gasteiger charge is 2.67. The second-order valence-electron chi connectivity index (χ2n) is 8.35. The molecule has 1 aliphatic rings. The number of hydrogen-bond donors (Lipinski definition) is 1. The van der Waals surface area contributed by atoms with Gasteiger partial charge >= 0.3 is 17.7 Å². The molecule has 0 aliphatic carbocycles. The number of hydrogen-bond acceptors (Lipinski definition) is 6. The number of oxime groups is 2. The van der Waals surface area contributed by atoms with Gasteiger partial charge in [0, 0.05) is 21.2 Å². The van der Waals surface area contributed by atoms with Crippen LogP contribution in [0.1, 0.15) is 47.8 Å². The van der Waals surface area contributed by atoms with Crippen LogP contribution in [-0.2, 0) is 15.2 Å². The predicted octanol–water partition coefficient (Wildman–Crippen LogP) is 6.28. The summed E-state index contributed by atoms with van der Waals surface area (Å²) >= 11 is 11.8. The summed E-state index contributed by atoms with van der Waals surface area (Å²) in [6.07, 6.45) is -5.10. The molecule has 0 saturated carbocycles. The summed E-state index contributed by atoms with van der Waals surface area (Å²) in [5.41, 5.74) is -5.00. The molecule has 2 aromatic rings. The van der Waals surface area contributed by atoms with Gasteiger partial charge in [0.25, 0.3) is 0 Å². The number of alkyl halides is 3. The van der Waals surface area contributed by atoms with Crippen LogP contribution in [0.2, 0.25) is 10.0 Å². The summed E-state index contributed by atoms with van der Waals surface area (Å²) in [7, 11) is 0. The van der Waals surface area contributed by atoms with Crippen molar-refractivity contribution in [2.24, 2.45) is 10.3 Å². The van der Waals surface area contributed by atoms with Gasteiger partial charge in [0.2, 0.25) is 0 Å². The van der Waals surface area contributed by atoms with Crippen LogP contribution in [0.15, 0.2) is 46.7 Å². The van der Waals surface area contributed by atoms with E-state index in [1.54, 1.807) is 27.7 Å². The van der Waals surface area contributed by atoms with Crippen LogP contribution in [0.3, 0.4) is 0 Å². The monoisotopic (exact) mass is 502 g/mol. The third-order valence-corrected chi connectivity index (χ3v) is 5.16. The molecular weight excluding hydrogens is 484 g/mol. The second kappa shape index (κ2) is 8.53. The van der Waals surface area contributed by atoms with Crippen LogP contribution in [0, 0.1) is 6.92 Å². The van der Waals surface area contributed by atoms with E-state index in [4.69, 9.17) is 32.8 Å². The van der Waals surface area contributed by atoms with E-state index in [-0.39, 0.29) is 26.9 Å². The summed E-state index contributed by atoms with van der Waals surface area (Å²) in [4.78, 5) is 17.3. The Morgan fingerprint density at radius 3 is 2.21 bits per heavy atom. The van der Waals surface area contributed by atoms with E-state index in [2.05, 4.69) is 10.3 Å². The van der Waals surface area contributed by atoms with Crippen LogP contribution in [-0.4, -0.2) is 34.4 Å². The molecule has 0 spiro atoms. The van der Waals surface area contributed by atoms with Crippen molar-refractivity contribution in [2.75, 3.05) is 0 Å². The highest BCUT2D eigenvalue weighted by Crippen LogP contribution is 2.48. The fourth-order valence-electron chi connectivity index (χ4n) is 3.34. The van der Waals surface area contributed by atoms with E-state index in [0.29, 0.717) is 5.56 Å². The molecule has 6 nitrogen and oxygen atoms in total. The smallest absolute Gasteiger partial charge is 0.441 e. The highest BCUT2D eigenvalue weighted by atomic mass is 35.5. The lowest BCUT2D eigenvalue weighted by molar-refractivity contribution is -0.250. The Kier molecular flexibility index (Phi) is 6.43. The van der Waals surface area contributed by atoms with Gasteiger partial charge in [-0.05, 0) is 63.6 Å². The maximum atomic E-state index is 14.4. The SMILES string of the molecule is Cc1cc(C2=NOC(c3cc(Cl)cc(Cl)c3)(C(F)(F)F)/C2=N\O)ccc1C(=O)OC(C)(C)C. The molecule has 33 heavy (non-hydrogen) atoms. The minimum atomic E-state index is -5.10. The van der Waals surface area contributed by atoms with Crippen LogP contribution in [0.25, 0.3) is 0 Å². The first-order valence-corrected chi connectivity index (χ1v) is 10.3. The molecule has 0 bridgehead atoms. The zero-order valence-electron chi connectivity index (χ0n) is 17.9. The maximum Gasteiger partial charge on any atom is 0.441 e. The van der Waals surface area contributed by atoms with Crippen molar-refractivity contribution in [3.8, 4) is 0 Å². The molecule has 1 atom stereocenters. The van der Waals surface area contributed by atoms with Crippen molar-refractivity contribution in [2.45, 2.75) is 45.1 Å². The van der Waals surface area contributed by atoms with Crippen LogP contribution in [0.4, 0.5) is 13.2 Å². The van der Waals surface area contributed by atoms with Crippen LogP contribution >= 0.6 is 23.2 Å². The van der Waals surface area contributed by atoms with Crippen molar-refractivity contribution in [3.05, 3.63) is 68.7 Å². The zero-order valence-corrected chi connectivity index (χ0v) is 19.4. The molecular formula is C22H19Cl2F3N2O4. The Morgan fingerprint density at radius 1 is 1.12 bits per heavy atom. The number of benzene rings is 2. The van der Waals surface area contributed by atoms with Gasteiger partial charge in [-0.25, -0.2) is 4.79 Å². The summed E-state index contributed by atoms with van der Waals surface area (Å²) in [5.74, 6) is -0.592. The lowest BCUT2D eigenvalue weighted by Crippen LogP contribution is -2.50. The van der Waals surface area contributed by atoms with Gasteiger partial charge in [0.1, 0.15) is 11.3 Å². The molecule has 1 unspecified atom stereocenters. The van der Waals surface area contributed by atoms with Gasteiger partial charge in [0.15, 0.2) is 5.71 Å². The van der Waals surface area contributed by atoms with E-state index in [1.807, 2.05) is 0 Å². The highest BCUT2D eigenvalue weighted by molar-refractivity contribution is 6.51. The number of rotatable bonds is 3. The Hall–Kier alpha value is -2.78. The topological polar surface area (TPSA) is 80.5 Å². The standard InChI is InChI=1S/C22H19Cl2F3N2O4/c1-11-7-12(5-6-16(11)19(30)32-20(2,3)4)17-18(28-31)21(33-29-17,22(25,26)27)13-8-14(23)10-15(24)9-13/h5-10,31H,1-4H3/b28-18-. The zero-order chi connectivity index (χ0) is 24.8. The Balaban J connectivity index is 2.08. The molecule has 11 heteroatoms. The average molecular weight is 503 g/mol. The maximum absolute atomic E-state index is 14.4. The van der Waals surface area contributed by atoms with Crippen molar-refractivity contribution in [1.82, 2.24) is 0 Å². The van der Waals surface area contributed by atoms with Gasteiger partial charge in [-0.3, -0.25) is 0 Å². The molecule has 0 fully saturated rings. The van der Waals surface area contributed by atoms with Gasteiger partial charge < -0.3 is 14.8 Å². The third-order valence-electron chi connectivity index (χ3n) is 4.72. The number of carbonyl (C=O) groups excluding carboxylic acids is 1. The Morgan fingerprint density at radius 2 is 1.73 bits per heavy atom. The predicted molar refractivity (Wildman–Crippen MR) is 117 cm³/mol. The molecule has 0 aromatic heterocycles. The van der Waals surface area contributed by atoms with E-state index in [0.717, 1.165) is 12.1 Å². The van der Waals surface area contributed by atoms with Crippen molar-refractivity contribution < 1.29 is 32.7 Å². The first kappa shape index (κ1) is 24.9. The number of aryl methyl sites for hydroxylation is 1. The number of ether oxygens (including phenoxy) is 1. The molecule has 1 N–H and O–H groups in total. The molecule has 176 valence electrons. The molecule has 2 aromatic carbocycles. The summed E-state index contributed by atoms with van der Waals surface area (Å²) in [6, 6.07) is 7.42. The van der Waals surface area contributed by atoms with Gasteiger partial charge in [-0.1, -0.05) is 39.6 Å². The largest absolute Gasteiger partial charge is 0.456 e. The Labute approximate surface area is 197 Å². The van der Waals surface area contributed by atoms with Gasteiger partial charge in [-0.15, -0.1) is 0 Å².